The highest BCUT2D eigenvalue weighted by molar-refractivity contribution is 5.92. The Hall–Kier alpha value is -2.04. The van der Waals surface area contributed by atoms with Crippen molar-refractivity contribution in [3.8, 4) is 0 Å². The Balaban J connectivity index is 2.63. The first-order valence-corrected chi connectivity index (χ1v) is 5.77. The van der Waals surface area contributed by atoms with Gasteiger partial charge in [0, 0.05) is 5.69 Å². The van der Waals surface area contributed by atoms with Crippen LogP contribution in [0, 0.1) is 12.8 Å². The van der Waals surface area contributed by atoms with Crippen LogP contribution in [0.3, 0.4) is 0 Å². The van der Waals surface area contributed by atoms with Crippen molar-refractivity contribution in [1.29, 1.82) is 0 Å². The summed E-state index contributed by atoms with van der Waals surface area (Å²) in [6.45, 7) is 5.40. The van der Waals surface area contributed by atoms with E-state index >= 15 is 0 Å². The zero-order valence-corrected chi connectivity index (χ0v) is 10.7. The number of nitrogens with one attached hydrogen (secondary N) is 2. The summed E-state index contributed by atoms with van der Waals surface area (Å²) >= 11 is 0. The number of carboxylic acids is 1. The van der Waals surface area contributed by atoms with Crippen molar-refractivity contribution in [2.45, 2.75) is 26.8 Å². The van der Waals surface area contributed by atoms with Crippen molar-refractivity contribution in [2.24, 2.45) is 5.92 Å². The summed E-state index contributed by atoms with van der Waals surface area (Å²) in [7, 11) is 0. The summed E-state index contributed by atoms with van der Waals surface area (Å²) in [4.78, 5) is 22.6. The second-order valence-corrected chi connectivity index (χ2v) is 4.53. The normalized spacial score (nSPS) is 12.0. The smallest absolute Gasteiger partial charge is 0.326 e. The number of hydrogen-bond acceptors (Lipinski definition) is 2. The van der Waals surface area contributed by atoms with Crippen LogP contribution in [0.2, 0.25) is 0 Å². The van der Waals surface area contributed by atoms with Crippen LogP contribution in [0.15, 0.2) is 24.3 Å². The molecule has 0 radical (unpaired) electrons. The van der Waals surface area contributed by atoms with Crippen LogP contribution in [-0.2, 0) is 4.79 Å². The van der Waals surface area contributed by atoms with E-state index in [0.29, 0.717) is 5.69 Å². The number of carbonyl (C=O) groups excluding carboxylic acids is 1. The number of benzene rings is 1. The van der Waals surface area contributed by atoms with E-state index < -0.39 is 18.0 Å². The highest BCUT2D eigenvalue weighted by Gasteiger charge is 2.23. The molecule has 0 bridgehead atoms. The molecular weight excluding hydrogens is 232 g/mol. The van der Waals surface area contributed by atoms with E-state index in [1.807, 2.05) is 25.1 Å². The first-order valence-electron chi connectivity index (χ1n) is 5.77. The molecule has 0 heterocycles. The highest BCUT2D eigenvalue weighted by atomic mass is 16.4. The van der Waals surface area contributed by atoms with E-state index in [2.05, 4.69) is 10.6 Å². The van der Waals surface area contributed by atoms with Gasteiger partial charge in [-0.15, -0.1) is 0 Å². The van der Waals surface area contributed by atoms with E-state index in [4.69, 9.17) is 5.11 Å². The van der Waals surface area contributed by atoms with Crippen LogP contribution < -0.4 is 10.6 Å². The molecule has 5 nitrogen and oxygen atoms in total. The van der Waals surface area contributed by atoms with Gasteiger partial charge in [0.1, 0.15) is 6.04 Å². The molecule has 3 N–H and O–H groups in total. The summed E-state index contributed by atoms with van der Waals surface area (Å²) in [5.74, 6) is -1.21. The van der Waals surface area contributed by atoms with Crippen molar-refractivity contribution < 1.29 is 14.7 Å². The average molecular weight is 250 g/mol. The lowest BCUT2D eigenvalue weighted by atomic mass is 10.1. The standard InChI is InChI=1S/C13H18N2O3/c1-8(2)11(12(16)17)15-13(18)14-10-6-4-5-9(3)7-10/h4-8,11H,1-3H3,(H,16,17)(H2,14,15,18)/t11-/m0/s1. The van der Waals surface area contributed by atoms with E-state index in [-0.39, 0.29) is 5.92 Å². The number of aliphatic carboxylic acids is 1. The molecule has 0 aromatic heterocycles. The molecule has 0 aliphatic rings. The summed E-state index contributed by atoms with van der Waals surface area (Å²) in [5, 5.41) is 14.0. The fourth-order valence-corrected chi connectivity index (χ4v) is 1.54. The van der Waals surface area contributed by atoms with E-state index in [9.17, 15) is 9.59 Å². The number of urea groups is 1. The van der Waals surface area contributed by atoms with Crippen LogP contribution in [0.5, 0.6) is 0 Å². The molecule has 1 rings (SSSR count). The fourth-order valence-electron chi connectivity index (χ4n) is 1.54. The highest BCUT2D eigenvalue weighted by Crippen LogP contribution is 2.09. The molecule has 0 spiro atoms. The lowest BCUT2D eigenvalue weighted by molar-refractivity contribution is -0.140. The number of hydrogen-bond donors (Lipinski definition) is 3. The van der Waals surface area contributed by atoms with Crippen LogP contribution in [0.25, 0.3) is 0 Å². The van der Waals surface area contributed by atoms with Gasteiger partial charge in [0.15, 0.2) is 0 Å². The molecule has 1 atom stereocenters. The lowest BCUT2D eigenvalue weighted by Crippen LogP contribution is -2.46. The summed E-state index contributed by atoms with van der Waals surface area (Å²) < 4.78 is 0. The quantitative estimate of drug-likeness (QED) is 0.766. The lowest BCUT2D eigenvalue weighted by Gasteiger charge is -2.18. The topological polar surface area (TPSA) is 78.4 Å². The third kappa shape index (κ3) is 4.08. The Kier molecular flexibility index (Phi) is 4.71. The van der Waals surface area contributed by atoms with Crippen molar-refractivity contribution in [2.75, 3.05) is 5.32 Å². The molecule has 2 amide bonds. The molecule has 0 saturated carbocycles. The molecule has 0 aliphatic carbocycles. The van der Waals surface area contributed by atoms with E-state index in [0.717, 1.165) is 5.56 Å². The predicted octanol–water partition coefficient (Wildman–Crippen LogP) is 2.23. The summed E-state index contributed by atoms with van der Waals surface area (Å²) in [6, 6.07) is 5.89. The van der Waals surface area contributed by atoms with Gasteiger partial charge in [-0.1, -0.05) is 26.0 Å². The number of amides is 2. The Morgan fingerprint density at radius 3 is 2.44 bits per heavy atom. The van der Waals surface area contributed by atoms with E-state index in [1.54, 1.807) is 19.9 Å². The van der Waals surface area contributed by atoms with Crippen molar-refractivity contribution in [3.05, 3.63) is 29.8 Å². The number of carboxylic acid groups (broad SMARTS) is 1. The van der Waals surface area contributed by atoms with E-state index in [1.165, 1.54) is 0 Å². The Bertz CT molecular complexity index is 444. The van der Waals surface area contributed by atoms with Crippen LogP contribution in [-0.4, -0.2) is 23.1 Å². The first kappa shape index (κ1) is 14.0. The summed E-state index contributed by atoms with van der Waals surface area (Å²) in [5.41, 5.74) is 1.66. The van der Waals surface area contributed by atoms with Gasteiger partial charge in [-0.3, -0.25) is 0 Å². The minimum Gasteiger partial charge on any atom is -0.480 e. The number of carbonyl (C=O) groups is 2. The average Bonchev–Trinajstić information content (AvgIpc) is 2.25. The third-order valence-electron chi connectivity index (χ3n) is 2.50. The van der Waals surface area contributed by atoms with Gasteiger partial charge in [0.05, 0.1) is 0 Å². The predicted molar refractivity (Wildman–Crippen MR) is 69.6 cm³/mol. The van der Waals surface area contributed by atoms with Gasteiger partial charge in [-0.05, 0) is 30.5 Å². The molecule has 0 aliphatic heterocycles. The molecule has 98 valence electrons. The molecule has 0 unspecified atom stereocenters. The number of aryl methyl sites for hydroxylation is 1. The van der Waals surface area contributed by atoms with Gasteiger partial charge in [-0.2, -0.15) is 0 Å². The molecule has 1 aromatic rings. The van der Waals surface area contributed by atoms with Crippen LogP contribution in [0.1, 0.15) is 19.4 Å². The number of anilines is 1. The minimum absolute atomic E-state index is 0.175. The summed E-state index contributed by atoms with van der Waals surface area (Å²) in [6.07, 6.45) is 0. The van der Waals surface area contributed by atoms with Gasteiger partial charge < -0.3 is 15.7 Å². The Morgan fingerprint density at radius 2 is 1.94 bits per heavy atom. The first-order chi connectivity index (χ1) is 8.40. The van der Waals surface area contributed by atoms with Gasteiger partial charge >= 0.3 is 12.0 Å². The van der Waals surface area contributed by atoms with Crippen LogP contribution >= 0.6 is 0 Å². The van der Waals surface area contributed by atoms with Crippen molar-refractivity contribution >= 4 is 17.7 Å². The fraction of sp³-hybridized carbons (Fsp3) is 0.385. The second-order valence-electron chi connectivity index (χ2n) is 4.53. The molecular formula is C13H18N2O3. The largest absolute Gasteiger partial charge is 0.480 e. The van der Waals surface area contributed by atoms with Gasteiger partial charge in [-0.25, -0.2) is 9.59 Å². The van der Waals surface area contributed by atoms with Crippen molar-refractivity contribution in [1.82, 2.24) is 5.32 Å². The monoisotopic (exact) mass is 250 g/mol. The third-order valence-corrected chi connectivity index (χ3v) is 2.50. The molecule has 18 heavy (non-hydrogen) atoms. The maximum absolute atomic E-state index is 11.7. The van der Waals surface area contributed by atoms with Crippen molar-refractivity contribution in [3.63, 3.8) is 0 Å². The Morgan fingerprint density at radius 1 is 1.28 bits per heavy atom. The number of rotatable bonds is 4. The molecule has 0 fully saturated rings. The molecule has 0 saturated heterocycles. The SMILES string of the molecule is Cc1cccc(NC(=O)N[C@H](C(=O)O)C(C)C)c1. The second kappa shape index (κ2) is 6.05. The van der Waals surface area contributed by atoms with Gasteiger partial charge in [0.2, 0.25) is 0 Å². The van der Waals surface area contributed by atoms with Gasteiger partial charge in [0.25, 0.3) is 0 Å². The molecule has 1 aromatic carbocycles. The maximum Gasteiger partial charge on any atom is 0.326 e. The van der Waals surface area contributed by atoms with Crippen LogP contribution in [0.4, 0.5) is 10.5 Å². The minimum atomic E-state index is -1.04. The Labute approximate surface area is 106 Å². The molecule has 5 heteroatoms. The zero-order chi connectivity index (χ0) is 13.7. The zero-order valence-electron chi connectivity index (χ0n) is 10.7. The maximum atomic E-state index is 11.7.